The van der Waals surface area contributed by atoms with Crippen molar-refractivity contribution < 1.29 is 4.42 Å². The van der Waals surface area contributed by atoms with E-state index in [9.17, 15) is 0 Å². The number of nitrogens with one attached hydrogen (secondary N) is 1. The van der Waals surface area contributed by atoms with Gasteiger partial charge in [-0.3, -0.25) is 9.55 Å². The highest BCUT2D eigenvalue weighted by Crippen LogP contribution is 2.39. The van der Waals surface area contributed by atoms with Gasteiger partial charge in [0.05, 0.1) is 22.1 Å². The normalized spacial score (nSPS) is 11.4. The van der Waals surface area contributed by atoms with Crippen LogP contribution in [0.3, 0.4) is 0 Å². The minimum Gasteiger partial charge on any atom is -0.454 e. The maximum Gasteiger partial charge on any atom is 0.153 e. The Labute approximate surface area is 294 Å². The van der Waals surface area contributed by atoms with Crippen LogP contribution in [0.15, 0.2) is 163 Å². The van der Waals surface area contributed by atoms with Crippen molar-refractivity contribution in [3.63, 3.8) is 0 Å². The zero-order valence-corrected chi connectivity index (χ0v) is 28.4. The summed E-state index contributed by atoms with van der Waals surface area (Å²) in [7, 11) is 0. The summed E-state index contributed by atoms with van der Waals surface area (Å²) in [6.07, 6.45) is 8.74. The standard InChI is InChI=1S/C42H27N5O.C3H8/c1-6-20-43-26-41(44-21-7-1)47-36-12-5-3-10-31(36)33-24-28(15-18-38(33)47)27-14-17-37-32(23-27)30-9-2-4-11-35(30)46(37)29-16-19-39-34(25-29)42-40(48-39)13-8-22-45-42;1-3-2/h1-26,43H;3H2,1-2H3. The summed E-state index contributed by atoms with van der Waals surface area (Å²) in [5.74, 6) is 0.816. The molecular formula is C45H35N5O. The number of hydrogen-bond donors (Lipinski definition) is 1. The molecule has 0 aliphatic heterocycles. The van der Waals surface area contributed by atoms with Gasteiger partial charge in [-0.2, -0.15) is 0 Å². The van der Waals surface area contributed by atoms with Gasteiger partial charge in [0, 0.05) is 57.4 Å². The summed E-state index contributed by atoms with van der Waals surface area (Å²) in [6.45, 7) is 4.25. The van der Waals surface area contributed by atoms with E-state index in [1.54, 1.807) is 0 Å². The number of fused-ring (bicyclic) bond motifs is 9. The molecule has 0 radical (unpaired) electrons. The Morgan fingerprint density at radius 1 is 0.529 bits per heavy atom. The molecule has 51 heavy (non-hydrogen) atoms. The lowest BCUT2D eigenvalue weighted by Gasteiger charge is -2.09. The molecular weight excluding hydrogens is 627 g/mol. The molecule has 0 fully saturated rings. The van der Waals surface area contributed by atoms with Gasteiger partial charge in [0.25, 0.3) is 0 Å². The molecule has 10 rings (SSSR count). The molecule has 6 nitrogen and oxygen atoms in total. The topological polar surface area (TPSA) is 64.6 Å². The van der Waals surface area contributed by atoms with E-state index in [0.29, 0.717) is 0 Å². The summed E-state index contributed by atoms with van der Waals surface area (Å²) in [4.78, 5) is 12.7. The van der Waals surface area contributed by atoms with Crippen molar-refractivity contribution in [3.8, 4) is 22.6 Å². The summed E-state index contributed by atoms with van der Waals surface area (Å²) in [5, 5.41) is 5.80. The van der Waals surface area contributed by atoms with E-state index < -0.39 is 0 Å². The Morgan fingerprint density at radius 2 is 1.18 bits per heavy atom. The first-order chi connectivity index (χ1) is 25.2. The Bertz CT molecular complexity index is 2920. The SMILES string of the molecule is CCC.c1ccnc(-n2c3ccccc3c3cc(-c4ccc5c(c4)c4ccccc4n5-c4ccc5oc6cccnc6c5c4)ccc32)c[nH]cc1. The zero-order chi connectivity index (χ0) is 34.3. The predicted molar refractivity (Wildman–Crippen MR) is 211 cm³/mol. The van der Waals surface area contributed by atoms with Gasteiger partial charge in [0.15, 0.2) is 11.4 Å². The summed E-state index contributed by atoms with van der Waals surface area (Å²) >= 11 is 0. The fraction of sp³-hybridized carbons (Fsp3) is 0.0667. The smallest absolute Gasteiger partial charge is 0.153 e. The molecule has 0 unspecified atom stereocenters. The Hall–Kier alpha value is -6.66. The molecule has 0 saturated carbocycles. The highest BCUT2D eigenvalue weighted by atomic mass is 16.3. The number of rotatable bonds is 3. The number of nitrogens with zero attached hydrogens (tertiary/aromatic N) is 4. The van der Waals surface area contributed by atoms with Gasteiger partial charge < -0.3 is 14.0 Å². The van der Waals surface area contributed by atoms with Crippen LogP contribution in [-0.4, -0.2) is 24.1 Å². The number of H-pyrrole nitrogens is 1. The number of aromatic amines is 1. The van der Waals surface area contributed by atoms with E-state index in [1.807, 2.05) is 55.1 Å². The molecule has 5 aromatic heterocycles. The summed E-state index contributed by atoms with van der Waals surface area (Å²) in [5.41, 5.74) is 10.4. The van der Waals surface area contributed by atoms with Gasteiger partial charge in [-0.1, -0.05) is 74.9 Å². The Morgan fingerprint density at radius 3 is 1.92 bits per heavy atom. The average molecular weight is 662 g/mol. The molecule has 0 atom stereocenters. The molecule has 0 bridgehead atoms. The minimum absolute atomic E-state index is 0.798. The minimum atomic E-state index is 0.798. The van der Waals surface area contributed by atoms with E-state index in [0.717, 1.165) is 61.2 Å². The first kappa shape index (κ1) is 30.4. The van der Waals surface area contributed by atoms with Crippen molar-refractivity contribution in [2.75, 3.05) is 0 Å². The van der Waals surface area contributed by atoms with E-state index >= 15 is 0 Å². The van der Waals surface area contributed by atoms with Crippen LogP contribution in [0.5, 0.6) is 0 Å². The van der Waals surface area contributed by atoms with Crippen molar-refractivity contribution in [3.05, 3.63) is 158 Å². The number of furan rings is 1. The van der Waals surface area contributed by atoms with Gasteiger partial charge in [0.1, 0.15) is 11.1 Å². The Balaban J connectivity index is 0.00000112. The van der Waals surface area contributed by atoms with Crippen LogP contribution < -0.4 is 0 Å². The molecule has 0 amide bonds. The van der Waals surface area contributed by atoms with Gasteiger partial charge >= 0.3 is 0 Å². The van der Waals surface area contributed by atoms with Crippen LogP contribution in [0.4, 0.5) is 0 Å². The van der Waals surface area contributed by atoms with Crippen molar-refractivity contribution >= 4 is 65.7 Å². The lowest BCUT2D eigenvalue weighted by atomic mass is 10.0. The highest BCUT2D eigenvalue weighted by molar-refractivity contribution is 6.13. The lowest BCUT2D eigenvalue weighted by molar-refractivity contribution is 0.668. The number of hydrogen-bond acceptors (Lipinski definition) is 3. The van der Waals surface area contributed by atoms with E-state index in [2.05, 4.69) is 136 Å². The van der Waals surface area contributed by atoms with E-state index in [4.69, 9.17) is 9.40 Å². The molecule has 0 spiro atoms. The average Bonchev–Trinajstić information content (AvgIpc) is 3.84. The maximum absolute atomic E-state index is 6.08. The third-order valence-corrected chi connectivity index (χ3v) is 9.29. The van der Waals surface area contributed by atoms with Crippen LogP contribution in [0, 0.1) is 0 Å². The van der Waals surface area contributed by atoms with Crippen molar-refractivity contribution in [2.24, 2.45) is 0 Å². The van der Waals surface area contributed by atoms with Crippen LogP contribution in [0.2, 0.25) is 0 Å². The first-order valence-electron chi connectivity index (χ1n) is 17.4. The lowest BCUT2D eigenvalue weighted by Crippen LogP contribution is -1.95. The largest absolute Gasteiger partial charge is 0.454 e. The van der Waals surface area contributed by atoms with Gasteiger partial charge in [-0.15, -0.1) is 0 Å². The quantitative estimate of drug-likeness (QED) is 0.205. The molecule has 0 aliphatic carbocycles. The molecule has 0 saturated heterocycles. The fourth-order valence-corrected chi connectivity index (χ4v) is 7.18. The fourth-order valence-electron chi connectivity index (χ4n) is 7.18. The second kappa shape index (κ2) is 12.7. The zero-order valence-electron chi connectivity index (χ0n) is 28.4. The second-order valence-electron chi connectivity index (χ2n) is 12.7. The van der Waals surface area contributed by atoms with Crippen molar-refractivity contribution in [1.82, 2.24) is 24.1 Å². The van der Waals surface area contributed by atoms with Crippen LogP contribution >= 0.6 is 0 Å². The molecule has 246 valence electrons. The van der Waals surface area contributed by atoms with Crippen LogP contribution in [-0.2, 0) is 0 Å². The van der Waals surface area contributed by atoms with Gasteiger partial charge in [0.2, 0.25) is 0 Å². The van der Waals surface area contributed by atoms with Crippen molar-refractivity contribution in [1.29, 1.82) is 0 Å². The second-order valence-corrected chi connectivity index (χ2v) is 12.7. The van der Waals surface area contributed by atoms with Crippen LogP contribution in [0.1, 0.15) is 20.3 Å². The third-order valence-electron chi connectivity index (χ3n) is 9.29. The van der Waals surface area contributed by atoms with Crippen molar-refractivity contribution in [2.45, 2.75) is 20.3 Å². The Kier molecular flexibility index (Phi) is 7.55. The molecule has 10 aromatic rings. The summed E-state index contributed by atoms with van der Waals surface area (Å²) < 4.78 is 10.6. The monoisotopic (exact) mass is 661 g/mol. The predicted octanol–water partition coefficient (Wildman–Crippen LogP) is 12.1. The third kappa shape index (κ3) is 5.11. The number of benzene rings is 5. The molecule has 5 aromatic carbocycles. The number of pyridine rings is 1. The highest BCUT2D eigenvalue weighted by Gasteiger charge is 2.17. The van der Waals surface area contributed by atoms with Gasteiger partial charge in [-0.05, 0) is 90.0 Å². The molecule has 1 N–H and O–H groups in total. The van der Waals surface area contributed by atoms with Crippen LogP contribution in [0.25, 0.3) is 88.3 Å². The van der Waals surface area contributed by atoms with E-state index in [1.165, 1.54) is 33.5 Å². The molecule has 5 heterocycles. The van der Waals surface area contributed by atoms with Gasteiger partial charge in [-0.25, -0.2) is 4.98 Å². The summed E-state index contributed by atoms with van der Waals surface area (Å²) in [6, 6.07) is 46.8. The molecule has 0 aliphatic rings. The number of aromatic nitrogens is 5. The maximum atomic E-state index is 6.08. The van der Waals surface area contributed by atoms with E-state index in [-0.39, 0.29) is 0 Å². The first-order valence-corrected chi connectivity index (χ1v) is 17.4. The molecule has 6 heteroatoms. The number of para-hydroxylation sites is 2.